The smallest absolute Gasteiger partial charge is 0.254 e. The molecule has 1 N–H and O–H groups in total. The molecule has 2 amide bonds. The van der Waals surface area contributed by atoms with E-state index < -0.39 is 11.7 Å². The number of hydrogen-bond donors (Lipinski definition) is 1. The Morgan fingerprint density at radius 3 is 2.64 bits per heavy atom. The van der Waals surface area contributed by atoms with Crippen LogP contribution in [0.3, 0.4) is 0 Å². The number of carbonyl (C=O) groups is 2. The van der Waals surface area contributed by atoms with Crippen LogP contribution in [0.15, 0.2) is 76.3 Å². The van der Waals surface area contributed by atoms with Gasteiger partial charge in [-0.25, -0.2) is 9.40 Å². The van der Waals surface area contributed by atoms with Crippen LogP contribution < -0.4 is 10.1 Å². The molecule has 0 saturated heterocycles. The number of amides is 2. The molecule has 12 heteroatoms. The molecule has 1 atom stereocenters. The van der Waals surface area contributed by atoms with Crippen molar-refractivity contribution in [3.05, 3.63) is 93.7 Å². The highest BCUT2D eigenvalue weighted by molar-refractivity contribution is 7.99. The fourth-order valence-corrected chi connectivity index (χ4v) is 5.64. The van der Waals surface area contributed by atoms with Gasteiger partial charge in [-0.1, -0.05) is 42.1 Å². The van der Waals surface area contributed by atoms with Gasteiger partial charge in [0.25, 0.3) is 11.8 Å². The number of thiophene rings is 1. The zero-order valence-electron chi connectivity index (χ0n) is 21.2. The summed E-state index contributed by atoms with van der Waals surface area (Å²) in [5, 5.41) is 19.7. The second-order valence-electron chi connectivity index (χ2n) is 8.66. The van der Waals surface area contributed by atoms with E-state index >= 15 is 0 Å². The number of hydrazone groups is 1. The molecule has 4 aromatic rings. The molecule has 0 bridgehead atoms. The highest BCUT2D eigenvalue weighted by atomic mass is 32.2. The summed E-state index contributed by atoms with van der Waals surface area (Å²) in [6.45, 7) is 0.0608. The molecule has 39 heavy (non-hydrogen) atoms. The molecule has 1 aliphatic heterocycles. The minimum atomic E-state index is -0.595. The number of methoxy groups -OCH3 is 1. The lowest BCUT2D eigenvalue weighted by Crippen LogP contribution is -2.28. The summed E-state index contributed by atoms with van der Waals surface area (Å²) >= 11 is 2.83. The van der Waals surface area contributed by atoms with E-state index in [1.54, 1.807) is 41.1 Å². The molecule has 200 valence electrons. The highest BCUT2D eigenvalue weighted by Crippen LogP contribution is 2.35. The molecule has 0 aliphatic carbocycles. The largest absolute Gasteiger partial charge is 0.497 e. The number of ether oxygens (including phenoxy) is 1. The first-order chi connectivity index (χ1) is 18.9. The van der Waals surface area contributed by atoms with Gasteiger partial charge in [0.15, 0.2) is 11.0 Å². The van der Waals surface area contributed by atoms with Crippen molar-refractivity contribution in [3.63, 3.8) is 0 Å². The summed E-state index contributed by atoms with van der Waals surface area (Å²) in [5.74, 6) is 0.0185. The zero-order valence-corrected chi connectivity index (χ0v) is 22.8. The van der Waals surface area contributed by atoms with Crippen molar-refractivity contribution >= 4 is 40.6 Å². The Morgan fingerprint density at radius 2 is 1.92 bits per heavy atom. The number of aromatic nitrogens is 3. The summed E-state index contributed by atoms with van der Waals surface area (Å²) in [4.78, 5) is 26.8. The second-order valence-corrected chi connectivity index (χ2v) is 10.6. The standard InChI is InChI=1S/C27H25FN6O3S2/c1-33-24(15-29-26(36)19-6-3-4-7-20(19)28)30-31-27(33)39-16-25(35)34-22(17-9-11-18(37-2)12-10-17)14-21(32-34)23-8-5-13-38-23/h3-13,22H,14-16H2,1-2H3,(H,29,36). The van der Waals surface area contributed by atoms with Gasteiger partial charge in [-0.2, -0.15) is 5.10 Å². The van der Waals surface area contributed by atoms with Gasteiger partial charge >= 0.3 is 0 Å². The monoisotopic (exact) mass is 564 g/mol. The lowest BCUT2D eigenvalue weighted by atomic mass is 10.0. The second kappa shape index (κ2) is 11.8. The third-order valence-corrected chi connectivity index (χ3v) is 8.17. The Morgan fingerprint density at radius 1 is 1.13 bits per heavy atom. The topological polar surface area (TPSA) is 102 Å². The van der Waals surface area contributed by atoms with Gasteiger partial charge in [0.1, 0.15) is 11.6 Å². The third-order valence-electron chi connectivity index (χ3n) is 6.25. The normalized spacial score (nSPS) is 14.8. The quantitative estimate of drug-likeness (QED) is 0.302. The van der Waals surface area contributed by atoms with E-state index in [0.29, 0.717) is 17.4 Å². The van der Waals surface area contributed by atoms with Crippen LogP contribution in [0.2, 0.25) is 0 Å². The fraction of sp³-hybridized carbons (Fsp3) is 0.222. The van der Waals surface area contributed by atoms with Crippen molar-refractivity contribution in [3.8, 4) is 5.75 Å². The lowest BCUT2D eigenvalue weighted by molar-refractivity contribution is -0.130. The van der Waals surface area contributed by atoms with Gasteiger partial charge in [0, 0.05) is 13.5 Å². The number of nitrogens with zero attached hydrogens (tertiary/aromatic N) is 5. The van der Waals surface area contributed by atoms with E-state index in [1.165, 1.54) is 30.0 Å². The van der Waals surface area contributed by atoms with Crippen molar-refractivity contribution < 1.29 is 18.7 Å². The van der Waals surface area contributed by atoms with E-state index in [0.717, 1.165) is 21.9 Å². The SMILES string of the molecule is COc1ccc(C2CC(c3cccs3)=NN2C(=O)CSc2nnc(CNC(=O)c3ccccc3F)n2C)cc1. The number of rotatable bonds is 9. The molecular formula is C27H25FN6O3S2. The van der Waals surface area contributed by atoms with E-state index in [1.807, 2.05) is 41.8 Å². The average molecular weight is 565 g/mol. The Labute approximate surface area is 232 Å². The van der Waals surface area contributed by atoms with Gasteiger partial charge in [0.05, 0.1) is 41.6 Å². The average Bonchev–Trinajstić information content (AvgIpc) is 3.71. The van der Waals surface area contributed by atoms with Crippen molar-refractivity contribution in [2.24, 2.45) is 12.1 Å². The maximum atomic E-state index is 13.9. The van der Waals surface area contributed by atoms with Crippen LogP contribution in [-0.4, -0.2) is 50.2 Å². The minimum absolute atomic E-state index is 0.0423. The molecule has 0 spiro atoms. The maximum absolute atomic E-state index is 13.9. The van der Waals surface area contributed by atoms with Crippen molar-refractivity contribution in [1.82, 2.24) is 25.1 Å². The fourth-order valence-electron chi connectivity index (χ4n) is 4.13. The molecule has 2 aromatic heterocycles. The summed E-state index contributed by atoms with van der Waals surface area (Å²) in [7, 11) is 3.37. The zero-order chi connectivity index (χ0) is 27.4. The summed E-state index contributed by atoms with van der Waals surface area (Å²) in [6, 6.07) is 17.2. The maximum Gasteiger partial charge on any atom is 0.254 e. The highest BCUT2D eigenvalue weighted by Gasteiger charge is 2.33. The van der Waals surface area contributed by atoms with Crippen LogP contribution in [0, 0.1) is 5.82 Å². The van der Waals surface area contributed by atoms with Crippen LogP contribution in [-0.2, 0) is 18.4 Å². The van der Waals surface area contributed by atoms with Crippen LogP contribution in [0.1, 0.15) is 39.1 Å². The third kappa shape index (κ3) is 5.86. The van der Waals surface area contributed by atoms with Crippen LogP contribution in [0.25, 0.3) is 0 Å². The molecular weight excluding hydrogens is 539 g/mol. The predicted molar refractivity (Wildman–Crippen MR) is 147 cm³/mol. The Kier molecular flexibility index (Phi) is 8.03. The first-order valence-corrected chi connectivity index (χ1v) is 13.9. The number of hydrogen-bond acceptors (Lipinski definition) is 8. The van der Waals surface area contributed by atoms with Crippen LogP contribution >= 0.6 is 23.1 Å². The number of carbonyl (C=O) groups excluding carboxylic acids is 2. The van der Waals surface area contributed by atoms with E-state index in [4.69, 9.17) is 9.84 Å². The number of halogens is 1. The summed E-state index contributed by atoms with van der Waals surface area (Å²) in [6.07, 6.45) is 0.610. The summed E-state index contributed by atoms with van der Waals surface area (Å²) < 4.78 is 20.9. The lowest BCUT2D eigenvalue weighted by Gasteiger charge is -2.22. The molecule has 9 nitrogen and oxygen atoms in total. The van der Waals surface area contributed by atoms with E-state index in [9.17, 15) is 14.0 Å². The Hall–Kier alpha value is -4.03. The van der Waals surface area contributed by atoms with Crippen molar-refractivity contribution in [1.29, 1.82) is 0 Å². The molecule has 5 rings (SSSR count). The van der Waals surface area contributed by atoms with Crippen LogP contribution in [0.4, 0.5) is 4.39 Å². The first kappa shape index (κ1) is 26.6. The van der Waals surface area contributed by atoms with Gasteiger partial charge in [-0.15, -0.1) is 21.5 Å². The number of benzene rings is 2. The summed E-state index contributed by atoms with van der Waals surface area (Å²) in [5.41, 5.74) is 1.80. The molecule has 0 radical (unpaired) electrons. The minimum Gasteiger partial charge on any atom is -0.497 e. The van der Waals surface area contributed by atoms with Crippen LogP contribution in [0.5, 0.6) is 5.75 Å². The van der Waals surface area contributed by atoms with E-state index in [-0.39, 0.29) is 29.8 Å². The molecule has 1 unspecified atom stereocenters. The molecule has 3 heterocycles. The predicted octanol–water partition coefficient (Wildman–Crippen LogP) is 4.42. The van der Waals surface area contributed by atoms with Gasteiger partial charge in [-0.05, 0) is 41.3 Å². The molecule has 0 fully saturated rings. The molecule has 1 aliphatic rings. The van der Waals surface area contributed by atoms with Gasteiger partial charge < -0.3 is 14.6 Å². The molecule has 0 saturated carbocycles. The molecule has 2 aromatic carbocycles. The van der Waals surface area contributed by atoms with Gasteiger partial charge in [-0.3, -0.25) is 9.59 Å². The Bertz CT molecular complexity index is 1500. The Balaban J connectivity index is 1.25. The first-order valence-electron chi connectivity index (χ1n) is 12.1. The van der Waals surface area contributed by atoms with Crippen molar-refractivity contribution in [2.75, 3.05) is 12.9 Å². The van der Waals surface area contributed by atoms with Crippen molar-refractivity contribution in [2.45, 2.75) is 24.2 Å². The van der Waals surface area contributed by atoms with Gasteiger partial charge in [0.2, 0.25) is 0 Å². The van der Waals surface area contributed by atoms with E-state index in [2.05, 4.69) is 15.5 Å². The number of nitrogens with one attached hydrogen (secondary N) is 1. The number of thioether (sulfide) groups is 1.